The zero-order chi connectivity index (χ0) is 10.6. The molecule has 0 amide bonds. The fourth-order valence-corrected chi connectivity index (χ4v) is 1.19. The molecular weight excluding hydrogens is 176 g/mol. The van der Waals surface area contributed by atoms with Crippen LogP contribution in [0.25, 0.3) is 0 Å². The third-order valence-electron chi connectivity index (χ3n) is 2.03. The molecule has 0 aliphatic rings. The Bertz CT molecular complexity index is 158. The molecule has 14 heavy (non-hydrogen) atoms. The molecule has 0 fully saturated rings. The molecule has 0 saturated heterocycles. The van der Waals surface area contributed by atoms with Crippen molar-refractivity contribution in [3.63, 3.8) is 0 Å². The summed E-state index contributed by atoms with van der Waals surface area (Å²) < 4.78 is 10.2. The molecular formula is C12H22O2. The smallest absolute Gasteiger partial charge is 0.156 e. The lowest BCUT2D eigenvalue weighted by atomic mass is 10.2. The molecule has 0 radical (unpaired) electrons. The Morgan fingerprint density at radius 1 is 1.07 bits per heavy atom. The van der Waals surface area contributed by atoms with Gasteiger partial charge in [0, 0.05) is 14.2 Å². The molecule has 0 atom stereocenters. The molecule has 0 bridgehead atoms. The summed E-state index contributed by atoms with van der Waals surface area (Å²) >= 11 is 0. The summed E-state index contributed by atoms with van der Waals surface area (Å²) in [4.78, 5) is 0. The summed E-state index contributed by atoms with van der Waals surface area (Å²) in [6.45, 7) is 2.02. The van der Waals surface area contributed by atoms with E-state index in [2.05, 4.69) is 12.2 Å². The van der Waals surface area contributed by atoms with Gasteiger partial charge in [-0.25, -0.2) is 0 Å². The number of hydrogen-bond acceptors (Lipinski definition) is 2. The molecule has 0 rings (SSSR count). The van der Waals surface area contributed by atoms with Crippen molar-refractivity contribution in [3.8, 4) is 0 Å². The summed E-state index contributed by atoms with van der Waals surface area (Å²) in [7, 11) is 3.36. The summed E-state index contributed by atoms with van der Waals surface area (Å²) in [5.74, 6) is 0. The normalized spacial score (nSPS) is 12.3. The maximum atomic E-state index is 5.09. The topological polar surface area (TPSA) is 18.5 Å². The minimum Gasteiger partial charge on any atom is -0.356 e. The van der Waals surface area contributed by atoms with Crippen LogP contribution in [0.2, 0.25) is 0 Å². The zero-order valence-electron chi connectivity index (χ0n) is 9.53. The van der Waals surface area contributed by atoms with Crippen molar-refractivity contribution >= 4 is 0 Å². The lowest BCUT2D eigenvalue weighted by Gasteiger charge is -2.11. The van der Waals surface area contributed by atoms with Crippen molar-refractivity contribution in [2.24, 2.45) is 0 Å². The van der Waals surface area contributed by atoms with Crippen LogP contribution in [0.1, 0.15) is 32.6 Å². The second kappa shape index (κ2) is 10.5. The van der Waals surface area contributed by atoms with Gasteiger partial charge in [0.05, 0.1) is 0 Å². The zero-order valence-corrected chi connectivity index (χ0v) is 9.53. The molecule has 82 valence electrons. The Morgan fingerprint density at radius 2 is 1.79 bits per heavy atom. The van der Waals surface area contributed by atoms with Gasteiger partial charge in [-0.05, 0) is 32.6 Å². The highest BCUT2D eigenvalue weighted by Crippen LogP contribution is 2.06. The third kappa shape index (κ3) is 8.02. The molecule has 2 heteroatoms. The maximum Gasteiger partial charge on any atom is 0.156 e. The van der Waals surface area contributed by atoms with E-state index in [-0.39, 0.29) is 6.29 Å². The highest BCUT2D eigenvalue weighted by molar-refractivity contribution is 5.00. The largest absolute Gasteiger partial charge is 0.356 e. The van der Waals surface area contributed by atoms with Gasteiger partial charge in [0.2, 0.25) is 0 Å². The van der Waals surface area contributed by atoms with E-state index in [0.717, 1.165) is 19.3 Å². The van der Waals surface area contributed by atoms with E-state index in [9.17, 15) is 0 Å². The molecule has 0 aromatic carbocycles. The molecule has 2 nitrogen and oxygen atoms in total. The molecule has 0 spiro atoms. The number of methoxy groups -OCH3 is 2. The summed E-state index contributed by atoms with van der Waals surface area (Å²) in [6.07, 6.45) is 12.8. The maximum absolute atomic E-state index is 5.09. The quantitative estimate of drug-likeness (QED) is 0.338. The number of unbranched alkanes of at least 4 members (excludes halogenated alkanes) is 2. The fourth-order valence-electron chi connectivity index (χ4n) is 1.19. The van der Waals surface area contributed by atoms with Crippen molar-refractivity contribution in [2.45, 2.75) is 38.9 Å². The third-order valence-corrected chi connectivity index (χ3v) is 2.03. The molecule has 0 N–H and O–H groups in total. The van der Waals surface area contributed by atoms with E-state index in [1.54, 1.807) is 14.2 Å². The Morgan fingerprint density at radius 3 is 2.36 bits per heavy atom. The summed E-state index contributed by atoms with van der Waals surface area (Å²) in [5.41, 5.74) is 0. The van der Waals surface area contributed by atoms with E-state index in [4.69, 9.17) is 9.47 Å². The van der Waals surface area contributed by atoms with Crippen LogP contribution < -0.4 is 0 Å². The Labute approximate surface area is 87.6 Å². The van der Waals surface area contributed by atoms with Crippen molar-refractivity contribution in [1.29, 1.82) is 0 Å². The van der Waals surface area contributed by atoms with Crippen LogP contribution in [0.4, 0.5) is 0 Å². The van der Waals surface area contributed by atoms with E-state index in [0.29, 0.717) is 0 Å². The SMILES string of the molecule is C/C=C/C=C/CCCCC(OC)OC. The van der Waals surface area contributed by atoms with Crippen molar-refractivity contribution in [3.05, 3.63) is 24.3 Å². The molecule has 0 unspecified atom stereocenters. The summed E-state index contributed by atoms with van der Waals surface area (Å²) in [6, 6.07) is 0. The highest BCUT2D eigenvalue weighted by atomic mass is 16.7. The van der Waals surface area contributed by atoms with Crippen LogP contribution in [0.3, 0.4) is 0 Å². The lowest BCUT2D eigenvalue weighted by Crippen LogP contribution is -2.12. The average Bonchev–Trinajstić information content (AvgIpc) is 2.22. The fraction of sp³-hybridized carbons (Fsp3) is 0.667. The average molecular weight is 198 g/mol. The number of rotatable bonds is 8. The Balaban J connectivity index is 3.28. The van der Waals surface area contributed by atoms with E-state index >= 15 is 0 Å². The van der Waals surface area contributed by atoms with Gasteiger partial charge in [-0.3, -0.25) is 0 Å². The van der Waals surface area contributed by atoms with Crippen LogP contribution in [-0.4, -0.2) is 20.5 Å². The minimum atomic E-state index is -0.0329. The first-order valence-corrected chi connectivity index (χ1v) is 5.18. The number of allylic oxidation sites excluding steroid dienone is 4. The van der Waals surface area contributed by atoms with E-state index < -0.39 is 0 Å². The van der Waals surface area contributed by atoms with Crippen LogP contribution in [-0.2, 0) is 9.47 Å². The standard InChI is InChI=1S/C12H22O2/c1-4-5-6-7-8-9-10-11-12(13-2)14-3/h4-7,12H,8-11H2,1-3H3/b5-4+,7-6+. The van der Waals surface area contributed by atoms with Gasteiger partial charge < -0.3 is 9.47 Å². The number of ether oxygens (including phenoxy) is 2. The second-order valence-corrected chi connectivity index (χ2v) is 3.14. The van der Waals surface area contributed by atoms with E-state index in [1.807, 2.05) is 19.1 Å². The van der Waals surface area contributed by atoms with Crippen LogP contribution in [0, 0.1) is 0 Å². The van der Waals surface area contributed by atoms with Crippen molar-refractivity contribution in [2.75, 3.05) is 14.2 Å². The lowest BCUT2D eigenvalue weighted by molar-refractivity contribution is -0.107. The van der Waals surface area contributed by atoms with Gasteiger partial charge in [-0.1, -0.05) is 24.3 Å². The minimum absolute atomic E-state index is 0.0329. The highest BCUT2D eigenvalue weighted by Gasteiger charge is 2.02. The molecule has 0 saturated carbocycles. The predicted octanol–water partition coefficient (Wildman–Crippen LogP) is 3.30. The Kier molecular flexibility index (Phi) is 10.0. The van der Waals surface area contributed by atoms with Crippen LogP contribution in [0.5, 0.6) is 0 Å². The molecule has 0 aliphatic heterocycles. The predicted molar refractivity (Wildman–Crippen MR) is 60.2 cm³/mol. The molecule has 0 aliphatic carbocycles. The second-order valence-electron chi connectivity index (χ2n) is 3.14. The monoisotopic (exact) mass is 198 g/mol. The van der Waals surface area contributed by atoms with Gasteiger partial charge in [-0.15, -0.1) is 0 Å². The first-order chi connectivity index (χ1) is 6.85. The Hall–Kier alpha value is -0.600. The van der Waals surface area contributed by atoms with Gasteiger partial charge in [0.15, 0.2) is 6.29 Å². The molecule has 0 aromatic rings. The first-order valence-electron chi connectivity index (χ1n) is 5.18. The van der Waals surface area contributed by atoms with Crippen molar-refractivity contribution in [1.82, 2.24) is 0 Å². The molecule has 0 aromatic heterocycles. The number of hydrogen-bond donors (Lipinski definition) is 0. The van der Waals surface area contributed by atoms with Gasteiger partial charge in [0.25, 0.3) is 0 Å². The first kappa shape index (κ1) is 13.4. The summed E-state index contributed by atoms with van der Waals surface area (Å²) in [5, 5.41) is 0. The van der Waals surface area contributed by atoms with Gasteiger partial charge >= 0.3 is 0 Å². The van der Waals surface area contributed by atoms with E-state index in [1.165, 1.54) is 6.42 Å². The van der Waals surface area contributed by atoms with Gasteiger partial charge in [-0.2, -0.15) is 0 Å². The van der Waals surface area contributed by atoms with Crippen molar-refractivity contribution < 1.29 is 9.47 Å². The molecule has 0 heterocycles. The van der Waals surface area contributed by atoms with Gasteiger partial charge in [0.1, 0.15) is 0 Å². The van der Waals surface area contributed by atoms with Crippen LogP contribution >= 0.6 is 0 Å². The van der Waals surface area contributed by atoms with Crippen LogP contribution in [0.15, 0.2) is 24.3 Å².